The van der Waals surface area contributed by atoms with Crippen LogP contribution in [0.4, 0.5) is 0 Å². The minimum absolute atomic E-state index is 0.00866. The molecule has 0 aromatic heterocycles. The summed E-state index contributed by atoms with van der Waals surface area (Å²) in [5.41, 5.74) is 0. The molecule has 0 aliphatic carbocycles. The van der Waals surface area contributed by atoms with Crippen LogP contribution in [0.15, 0.2) is 0 Å². The third-order valence-electron chi connectivity index (χ3n) is 2.06. The van der Waals surface area contributed by atoms with Crippen LogP contribution in [0.5, 0.6) is 0 Å². The zero-order valence-corrected chi connectivity index (χ0v) is 9.34. The van der Waals surface area contributed by atoms with Crippen LogP contribution in [0, 0.1) is 5.92 Å². The van der Waals surface area contributed by atoms with Crippen LogP contribution < -0.4 is 10.6 Å². The molecule has 3 N–H and O–H groups in total. The molecule has 0 aliphatic heterocycles. The van der Waals surface area contributed by atoms with Crippen molar-refractivity contribution in [2.45, 2.75) is 33.3 Å². The Morgan fingerprint density at radius 1 is 1.43 bits per heavy atom. The summed E-state index contributed by atoms with van der Waals surface area (Å²) in [5.74, 6) is 0.176. The first-order chi connectivity index (χ1) is 6.57. The molecule has 0 aliphatic rings. The smallest absolute Gasteiger partial charge is 0.221 e. The summed E-state index contributed by atoms with van der Waals surface area (Å²) in [4.78, 5) is 11.2. The third-order valence-corrected chi connectivity index (χ3v) is 2.06. The minimum Gasteiger partial charge on any atom is -0.391 e. The normalized spacial score (nSPS) is 12.9. The van der Waals surface area contributed by atoms with Crippen molar-refractivity contribution in [1.29, 1.82) is 0 Å². The van der Waals surface area contributed by atoms with E-state index in [0.717, 1.165) is 6.54 Å². The molecular weight excluding hydrogens is 180 g/mol. The SMILES string of the molecule is CCNCCC(=O)NCC(O)C(C)C. The van der Waals surface area contributed by atoms with Crippen LogP contribution in [-0.2, 0) is 4.79 Å². The van der Waals surface area contributed by atoms with Crippen LogP contribution >= 0.6 is 0 Å². The lowest BCUT2D eigenvalue weighted by Gasteiger charge is -2.14. The fourth-order valence-electron chi connectivity index (χ4n) is 0.921. The molecular formula is C10H22N2O2. The Bertz CT molecular complexity index is 160. The zero-order chi connectivity index (χ0) is 11.0. The molecule has 0 fully saturated rings. The maximum atomic E-state index is 11.2. The van der Waals surface area contributed by atoms with Crippen molar-refractivity contribution >= 4 is 5.91 Å². The fraction of sp³-hybridized carbons (Fsp3) is 0.900. The highest BCUT2D eigenvalue weighted by atomic mass is 16.3. The Hall–Kier alpha value is -0.610. The number of nitrogens with one attached hydrogen (secondary N) is 2. The van der Waals surface area contributed by atoms with Gasteiger partial charge in [0.1, 0.15) is 0 Å². The topological polar surface area (TPSA) is 61.4 Å². The summed E-state index contributed by atoms with van der Waals surface area (Å²) in [6.07, 6.45) is 0.0247. The molecule has 4 heteroatoms. The second kappa shape index (κ2) is 7.76. The van der Waals surface area contributed by atoms with Crippen LogP contribution in [0.25, 0.3) is 0 Å². The van der Waals surface area contributed by atoms with E-state index in [1.807, 2.05) is 20.8 Å². The number of rotatable bonds is 7. The van der Waals surface area contributed by atoms with Crippen molar-refractivity contribution in [2.75, 3.05) is 19.6 Å². The fourth-order valence-corrected chi connectivity index (χ4v) is 0.921. The Labute approximate surface area is 86.1 Å². The van der Waals surface area contributed by atoms with Gasteiger partial charge in [0.2, 0.25) is 5.91 Å². The average molecular weight is 202 g/mol. The van der Waals surface area contributed by atoms with Gasteiger partial charge >= 0.3 is 0 Å². The highest BCUT2D eigenvalue weighted by molar-refractivity contribution is 5.76. The van der Waals surface area contributed by atoms with Gasteiger partial charge < -0.3 is 15.7 Å². The summed E-state index contributed by atoms with van der Waals surface area (Å²) >= 11 is 0. The van der Waals surface area contributed by atoms with E-state index in [4.69, 9.17) is 0 Å². The first kappa shape index (κ1) is 13.4. The van der Waals surface area contributed by atoms with Crippen molar-refractivity contribution in [3.63, 3.8) is 0 Å². The number of hydrogen-bond donors (Lipinski definition) is 3. The van der Waals surface area contributed by atoms with Gasteiger partial charge in [0.25, 0.3) is 0 Å². The first-order valence-electron chi connectivity index (χ1n) is 5.23. The van der Waals surface area contributed by atoms with E-state index in [1.54, 1.807) is 0 Å². The molecule has 0 rings (SSSR count). The lowest BCUT2D eigenvalue weighted by atomic mass is 10.1. The Kier molecular flexibility index (Phi) is 7.42. The lowest BCUT2D eigenvalue weighted by molar-refractivity contribution is -0.121. The molecule has 84 valence electrons. The van der Waals surface area contributed by atoms with Gasteiger partial charge in [-0.2, -0.15) is 0 Å². The largest absolute Gasteiger partial charge is 0.391 e. The monoisotopic (exact) mass is 202 g/mol. The van der Waals surface area contributed by atoms with Crippen molar-refractivity contribution in [3.05, 3.63) is 0 Å². The van der Waals surface area contributed by atoms with E-state index in [2.05, 4.69) is 10.6 Å². The van der Waals surface area contributed by atoms with Crippen molar-refractivity contribution in [2.24, 2.45) is 5.92 Å². The summed E-state index contributed by atoms with van der Waals surface area (Å²) in [7, 11) is 0. The molecule has 0 heterocycles. The molecule has 14 heavy (non-hydrogen) atoms. The molecule has 4 nitrogen and oxygen atoms in total. The van der Waals surface area contributed by atoms with E-state index < -0.39 is 6.10 Å². The van der Waals surface area contributed by atoms with Gasteiger partial charge in [-0.25, -0.2) is 0 Å². The van der Waals surface area contributed by atoms with Crippen LogP contribution in [0.1, 0.15) is 27.2 Å². The number of hydrogen-bond acceptors (Lipinski definition) is 3. The van der Waals surface area contributed by atoms with Crippen LogP contribution in [-0.4, -0.2) is 36.8 Å². The molecule has 0 aromatic rings. The number of amides is 1. The third kappa shape index (κ3) is 6.86. The van der Waals surface area contributed by atoms with E-state index >= 15 is 0 Å². The van der Waals surface area contributed by atoms with Crippen molar-refractivity contribution < 1.29 is 9.90 Å². The molecule has 1 unspecified atom stereocenters. The zero-order valence-electron chi connectivity index (χ0n) is 9.34. The van der Waals surface area contributed by atoms with E-state index in [1.165, 1.54) is 0 Å². The maximum Gasteiger partial charge on any atom is 0.221 e. The standard InChI is InChI=1S/C10H22N2O2/c1-4-11-6-5-10(14)12-7-9(13)8(2)3/h8-9,11,13H,4-7H2,1-3H3,(H,12,14). The van der Waals surface area contributed by atoms with Crippen LogP contribution in [0.3, 0.4) is 0 Å². The predicted molar refractivity (Wildman–Crippen MR) is 57.0 cm³/mol. The van der Waals surface area contributed by atoms with E-state index in [0.29, 0.717) is 19.5 Å². The van der Waals surface area contributed by atoms with Gasteiger partial charge in [-0.3, -0.25) is 4.79 Å². The predicted octanol–water partition coefficient (Wildman–Crippen LogP) is 0.119. The Morgan fingerprint density at radius 3 is 2.57 bits per heavy atom. The molecule has 0 saturated heterocycles. The second-order valence-corrected chi connectivity index (χ2v) is 3.72. The highest BCUT2D eigenvalue weighted by Gasteiger charge is 2.09. The van der Waals surface area contributed by atoms with Gasteiger partial charge in [0.05, 0.1) is 6.10 Å². The molecule has 0 aromatic carbocycles. The van der Waals surface area contributed by atoms with Crippen molar-refractivity contribution in [3.8, 4) is 0 Å². The summed E-state index contributed by atoms with van der Waals surface area (Å²) in [5, 5.41) is 15.2. The molecule has 0 spiro atoms. The van der Waals surface area contributed by atoms with Gasteiger partial charge in [-0.1, -0.05) is 20.8 Å². The molecule has 1 atom stereocenters. The number of carbonyl (C=O) groups excluding carboxylic acids is 1. The summed E-state index contributed by atoms with van der Waals surface area (Å²) in [6.45, 7) is 7.77. The summed E-state index contributed by atoms with van der Waals surface area (Å²) in [6, 6.07) is 0. The Balaban J connectivity index is 3.44. The maximum absolute atomic E-state index is 11.2. The first-order valence-corrected chi connectivity index (χ1v) is 5.23. The van der Waals surface area contributed by atoms with Gasteiger partial charge in [0, 0.05) is 19.5 Å². The minimum atomic E-state index is -0.446. The average Bonchev–Trinajstić information content (AvgIpc) is 2.14. The van der Waals surface area contributed by atoms with Crippen LogP contribution in [0.2, 0.25) is 0 Å². The number of carbonyl (C=O) groups is 1. The molecule has 0 saturated carbocycles. The highest BCUT2D eigenvalue weighted by Crippen LogP contribution is 1.98. The molecule has 0 radical (unpaired) electrons. The van der Waals surface area contributed by atoms with E-state index in [9.17, 15) is 9.90 Å². The van der Waals surface area contributed by atoms with E-state index in [-0.39, 0.29) is 11.8 Å². The number of aliphatic hydroxyl groups excluding tert-OH is 1. The molecule has 0 bridgehead atoms. The van der Waals surface area contributed by atoms with Gasteiger partial charge in [0.15, 0.2) is 0 Å². The quantitative estimate of drug-likeness (QED) is 0.514. The molecule has 1 amide bonds. The number of aliphatic hydroxyl groups is 1. The van der Waals surface area contributed by atoms with Gasteiger partial charge in [-0.15, -0.1) is 0 Å². The lowest BCUT2D eigenvalue weighted by Crippen LogP contribution is -2.35. The van der Waals surface area contributed by atoms with Crippen molar-refractivity contribution in [1.82, 2.24) is 10.6 Å². The second-order valence-electron chi connectivity index (χ2n) is 3.72. The summed E-state index contributed by atoms with van der Waals surface area (Å²) < 4.78 is 0. The van der Waals surface area contributed by atoms with Gasteiger partial charge in [-0.05, 0) is 12.5 Å². The Morgan fingerprint density at radius 2 is 2.07 bits per heavy atom.